The van der Waals surface area contributed by atoms with E-state index in [1.54, 1.807) is 32.2 Å². The van der Waals surface area contributed by atoms with Crippen molar-refractivity contribution in [2.75, 3.05) is 26.3 Å². The van der Waals surface area contributed by atoms with Crippen molar-refractivity contribution in [3.63, 3.8) is 0 Å². The summed E-state index contributed by atoms with van der Waals surface area (Å²) in [6, 6.07) is 12.9. The van der Waals surface area contributed by atoms with Gasteiger partial charge in [0.1, 0.15) is 19.8 Å². The first-order valence-corrected chi connectivity index (χ1v) is 11.5. The fourth-order valence-corrected chi connectivity index (χ4v) is 4.79. The summed E-state index contributed by atoms with van der Waals surface area (Å²) in [6.45, 7) is 4.47. The zero-order valence-corrected chi connectivity index (χ0v) is 18.7. The van der Waals surface area contributed by atoms with Crippen LogP contribution >= 0.6 is 0 Å². The van der Waals surface area contributed by atoms with E-state index in [4.69, 9.17) is 9.47 Å². The van der Waals surface area contributed by atoms with Crippen molar-refractivity contribution >= 4 is 22.7 Å². The maximum atomic E-state index is 13.0. The molecule has 1 aromatic heterocycles. The predicted molar refractivity (Wildman–Crippen MR) is 123 cm³/mol. The Morgan fingerprint density at radius 1 is 0.939 bits per heavy atom. The van der Waals surface area contributed by atoms with Crippen molar-refractivity contribution in [3.8, 4) is 11.5 Å². The molecule has 0 radical (unpaired) electrons. The molecule has 3 aromatic rings. The number of carbonyl (C=O) groups is 2. The van der Waals surface area contributed by atoms with E-state index in [-0.39, 0.29) is 29.8 Å². The van der Waals surface area contributed by atoms with E-state index in [9.17, 15) is 14.4 Å². The van der Waals surface area contributed by atoms with Crippen LogP contribution in [0.2, 0.25) is 0 Å². The summed E-state index contributed by atoms with van der Waals surface area (Å²) in [5, 5.41) is 0. The molecule has 0 unspecified atom stereocenters. The summed E-state index contributed by atoms with van der Waals surface area (Å²) in [5.74, 6) is 1.11. The average molecular weight is 450 g/mol. The highest BCUT2D eigenvalue weighted by atomic mass is 16.6. The molecule has 0 N–H and O–H groups in total. The molecule has 0 spiro atoms. The molecule has 8 nitrogen and oxygen atoms in total. The van der Waals surface area contributed by atoms with Gasteiger partial charge in [-0.05, 0) is 50.1 Å². The number of fused-ring (bicyclic) bond motifs is 2. The number of imidazole rings is 1. The lowest BCUT2D eigenvalue weighted by Crippen LogP contribution is -2.43. The third kappa shape index (κ3) is 3.90. The van der Waals surface area contributed by atoms with E-state index in [0.29, 0.717) is 62.8 Å². The summed E-state index contributed by atoms with van der Waals surface area (Å²) in [5.41, 5.74) is 2.04. The molecule has 1 fully saturated rings. The first-order chi connectivity index (χ1) is 16.1. The number of amides is 1. The van der Waals surface area contributed by atoms with E-state index in [1.807, 2.05) is 31.2 Å². The van der Waals surface area contributed by atoms with Gasteiger partial charge in [-0.15, -0.1) is 0 Å². The van der Waals surface area contributed by atoms with Crippen LogP contribution in [0.4, 0.5) is 0 Å². The number of para-hydroxylation sites is 2. The Kier molecular flexibility index (Phi) is 5.66. The molecule has 1 saturated heterocycles. The molecule has 2 aromatic carbocycles. The Hall–Kier alpha value is -3.55. The summed E-state index contributed by atoms with van der Waals surface area (Å²) in [7, 11) is 0. The Balaban J connectivity index is 1.25. The smallest absolute Gasteiger partial charge is 0.329 e. The van der Waals surface area contributed by atoms with Crippen LogP contribution in [0.1, 0.15) is 30.1 Å². The van der Waals surface area contributed by atoms with Gasteiger partial charge >= 0.3 is 5.69 Å². The summed E-state index contributed by atoms with van der Waals surface area (Å²) < 4.78 is 14.4. The van der Waals surface area contributed by atoms with Crippen molar-refractivity contribution < 1.29 is 19.1 Å². The molecule has 172 valence electrons. The van der Waals surface area contributed by atoms with E-state index in [1.165, 1.54) is 0 Å². The maximum Gasteiger partial charge on any atom is 0.329 e. The van der Waals surface area contributed by atoms with Crippen molar-refractivity contribution in [1.82, 2.24) is 14.0 Å². The van der Waals surface area contributed by atoms with E-state index in [0.717, 1.165) is 11.0 Å². The highest BCUT2D eigenvalue weighted by Gasteiger charge is 2.29. The highest BCUT2D eigenvalue weighted by Crippen LogP contribution is 2.32. The first kappa shape index (κ1) is 21.3. The summed E-state index contributed by atoms with van der Waals surface area (Å²) in [4.78, 5) is 40.6. The van der Waals surface area contributed by atoms with Crippen LogP contribution in [-0.4, -0.2) is 52.0 Å². The summed E-state index contributed by atoms with van der Waals surface area (Å²) >= 11 is 0. The number of Topliss-reactive ketones (excluding diaryl/α,β-unsaturated/α-hetero) is 1. The van der Waals surface area contributed by atoms with Crippen LogP contribution in [-0.2, 0) is 17.9 Å². The molecule has 33 heavy (non-hydrogen) atoms. The molecule has 5 rings (SSSR count). The lowest BCUT2D eigenvalue weighted by molar-refractivity contribution is -0.133. The third-order valence-electron chi connectivity index (χ3n) is 6.58. The van der Waals surface area contributed by atoms with Gasteiger partial charge < -0.3 is 14.4 Å². The Morgan fingerprint density at radius 2 is 1.61 bits per heavy atom. The number of rotatable bonds is 5. The number of hydrogen-bond donors (Lipinski definition) is 0. The Morgan fingerprint density at radius 3 is 2.30 bits per heavy atom. The van der Waals surface area contributed by atoms with Gasteiger partial charge in [-0.2, -0.15) is 0 Å². The normalized spacial score (nSPS) is 16.2. The van der Waals surface area contributed by atoms with Gasteiger partial charge in [0.05, 0.1) is 11.0 Å². The van der Waals surface area contributed by atoms with Gasteiger partial charge in [0.2, 0.25) is 5.91 Å². The van der Waals surface area contributed by atoms with Gasteiger partial charge in [-0.1, -0.05) is 12.1 Å². The fourth-order valence-electron chi connectivity index (χ4n) is 4.79. The van der Waals surface area contributed by atoms with Crippen molar-refractivity contribution in [1.29, 1.82) is 0 Å². The molecule has 0 aliphatic carbocycles. The van der Waals surface area contributed by atoms with Crippen molar-refractivity contribution in [3.05, 3.63) is 58.5 Å². The van der Waals surface area contributed by atoms with Crippen molar-refractivity contribution in [2.24, 2.45) is 5.92 Å². The van der Waals surface area contributed by atoms with Gasteiger partial charge in [-0.25, -0.2) is 4.79 Å². The first-order valence-electron chi connectivity index (χ1n) is 11.5. The zero-order chi connectivity index (χ0) is 22.9. The molecule has 3 heterocycles. The number of ketones is 1. The van der Waals surface area contributed by atoms with Gasteiger partial charge in [-0.3, -0.25) is 18.7 Å². The van der Waals surface area contributed by atoms with E-state index < -0.39 is 0 Å². The van der Waals surface area contributed by atoms with Crippen LogP contribution in [0.15, 0.2) is 47.3 Å². The Bertz CT molecular complexity index is 1270. The molecule has 8 heteroatoms. The highest BCUT2D eigenvalue weighted by molar-refractivity contribution is 5.98. The van der Waals surface area contributed by atoms with Gasteiger partial charge in [0.15, 0.2) is 17.3 Å². The van der Waals surface area contributed by atoms with Crippen LogP contribution < -0.4 is 15.2 Å². The molecular weight excluding hydrogens is 422 g/mol. The molecule has 2 aliphatic rings. The quantitative estimate of drug-likeness (QED) is 0.560. The number of ether oxygens (including phenoxy) is 2. The fraction of sp³-hybridized carbons (Fsp3) is 0.400. The molecule has 1 amide bonds. The number of likely N-dealkylation sites (tertiary alicyclic amines) is 1. The zero-order valence-electron chi connectivity index (χ0n) is 18.7. The number of aromatic nitrogens is 2. The van der Waals surface area contributed by atoms with Crippen molar-refractivity contribution in [2.45, 2.75) is 32.9 Å². The van der Waals surface area contributed by atoms with Gasteiger partial charge in [0, 0.05) is 31.1 Å². The maximum absolute atomic E-state index is 13.0. The van der Waals surface area contributed by atoms with Crippen LogP contribution in [0.25, 0.3) is 11.0 Å². The summed E-state index contributed by atoms with van der Waals surface area (Å²) in [6.07, 6.45) is 1.20. The minimum absolute atomic E-state index is 0.00706. The monoisotopic (exact) mass is 449 g/mol. The van der Waals surface area contributed by atoms with Gasteiger partial charge in [0.25, 0.3) is 0 Å². The van der Waals surface area contributed by atoms with E-state index in [2.05, 4.69) is 0 Å². The van der Waals surface area contributed by atoms with Crippen LogP contribution in [0, 0.1) is 5.92 Å². The number of benzene rings is 2. The molecular formula is C25H27N3O5. The Labute approximate surface area is 191 Å². The minimum Gasteiger partial charge on any atom is -0.486 e. The van der Waals surface area contributed by atoms with E-state index >= 15 is 0 Å². The minimum atomic E-state index is -0.171. The average Bonchev–Trinajstić information content (AvgIpc) is 3.13. The lowest BCUT2D eigenvalue weighted by atomic mass is 9.88. The second-order valence-corrected chi connectivity index (χ2v) is 8.48. The number of carbonyl (C=O) groups excluding carboxylic acids is 2. The number of piperidine rings is 1. The number of hydrogen-bond acceptors (Lipinski definition) is 5. The molecule has 0 atom stereocenters. The topological polar surface area (TPSA) is 82.8 Å². The molecule has 0 bridgehead atoms. The SMILES string of the molecule is CCn1c(=O)n(CC(=O)N2CCC(C(=O)c3ccc4c(c3)OCCO4)CC2)c2ccccc21. The molecule has 0 saturated carbocycles. The standard InChI is InChI=1S/C25H27N3O5/c1-2-27-19-5-3-4-6-20(19)28(25(27)31)16-23(29)26-11-9-17(10-12-26)24(30)18-7-8-21-22(15-18)33-14-13-32-21/h3-8,15,17H,2,9-14,16H2,1H3. The lowest BCUT2D eigenvalue weighted by Gasteiger charge is -2.31. The third-order valence-corrected chi connectivity index (χ3v) is 6.58. The van der Waals surface area contributed by atoms with Crippen LogP contribution in [0.5, 0.6) is 11.5 Å². The molecule has 2 aliphatic heterocycles. The number of nitrogens with zero attached hydrogens (tertiary/aromatic N) is 3. The predicted octanol–water partition coefficient (Wildman–Crippen LogP) is 2.72. The second kappa shape index (κ2) is 8.77. The second-order valence-electron chi connectivity index (χ2n) is 8.48. The largest absolute Gasteiger partial charge is 0.486 e. The van der Waals surface area contributed by atoms with Crippen LogP contribution in [0.3, 0.4) is 0 Å². The number of aryl methyl sites for hydroxylation is 1.